The number of carbonyl (C=O) groups excluding carboxylic acids is 1. The molecule has 3 aromatic rings. The maximum Gasteiger partial charge on any atom is 0.278 e. The highest BCUT2D eigenvalue weighted by molar-refractivity contribution is 6.30. The summed E-state index contributed by atoms with van der Waals surface area (Å²) in [6.45, 7) is 0. The molecule has 1 aromatic heterocycles. The monoisotopic (exact) mass is 256 g/mol. The molecule has 3 rings (SSSR count). The summed E-state index contributed by atoms with van der Waals surface area (Å²) in [6.07, 6.45) is 1.68. The molecule has 0 unspecified atom stereocenters. The number of aromatic nitrogens is 2. The normalized spacial score (nSPS) is 10.7. The molecule has 0 radical (unpaired) electrons. The molecule has 0 spiro atoms. The van der Waals surface area contributed by atoms with Gasteiger partial charge in [0.15, 0.2) is 0 Å². The second-order valence-electron chi connectivity index (χ2n) is 3.93. The Morgan fingerprint density at radius 3 is 2.56 bits per heavy atom. The number of nitrogens with zero attached hydrogens (tertiary/aromatic N) is 2. The van der Waals surface area contributed by atoms with Crippen LogP contribution in [0.1, 0.15) is 10.4 Å². The average molecular weight is 257 g/mol. The number of para-hydroxylation sites is 1. The van der Waals surface area contributed by atoms with Crippen molar-refractivity contribution in [3.63, 3.8) is 0 Å². The first-order chi connectivity index (χ1) is 8.75. The van der Waals surface area contributed by atoms with Crippen LogP contribution >= 0.6 is 11.6 Å². The molecule has 0 aliphatic heterocycles. The Bertz CT molecular complexity index is 716. The number of rotatable bonds is 1. The summed E-state index contributed by atoms with van der Waals surface area (Å²) in [4.78, 5) is 12.3. The fraction of sp³-hybridized carbons (Fsp3) is 0. The molecule has 4 heteroatoms. The minimum absolute atomic E-state index is 0.159. The number of halogens is 1. The average Bonchev–Trinajstić information content (AvgIpc) is 2.82. The van der Waals surface area contributed by atoms with Crippen molar-refractivity contribution < 1.29 is 4.79 Å². The highest BCUT2D eigenvalue weighted by atomic mass is 35.5. The topological polar surface area (TPSA) is 34.9 Å². The molecule has 0 aliphatic rings. The number of hydrogen-bond donors (Lipinski definition) is 0. The number of hydrogen-bond acceptors (Lipinski definition) is 2. The molecule has 0 fully saturated rings. The van der Waals surface area contributed by atoms with Crippen LogP contribution in [0.3, 0.4) is 0 Å². The van der Waals surface area contributed by atoms with Crippen LogP contribution in [0.4, 0.5) is 0 Å². The first-order valence-corrected chi connectivity index (χ1v) is 5.86. The molecular formula is C14H9ClN2O. The highest BCUT2D eigenvalue weighted by Crippen LogP contribution is 2.16. The van der Waals surface area contributed by atoms with Gasteiger partial charge in [-0.25, -0.2) is 0 Å². The van der Waals surface area contributed by atoms with E-state index in [9.17, 15) is 4.79 Å². The number of benzene rings is 2. The van der Waals surface area contributed by atoms with Gasteiger partial charge in [-0.1, -0.05) is 29.8 Å². The fourth-order valence-electron chi connectivity index (χ4n) is 1.85. The molecule has 0 amide bonds. The van der Waals surface area contributed by atoms with Gasteiger partial charge in [0.25, 0.3) is 5.91 Å². The molecule has 1 heterocycles. The van der Waals surface area contributed by atoms with Gasteiger partial charge in [-0.2, -0.15) is 9.78 Å². The lowest BCUT2D eigenvalue weighted by molar-refractivity contribution is 0.0950. The number of fused-ring (bicyclic) bond motifs is 1. The van der Waals surface area contributed by atoms with Gasteiger partial charge in [0.05, 0.1) is 11.7 Å². The molecule has 0 bridgehead atoms. The predicted molar refractivity (Wildman–Crippen MR) is 70.9 cm³/mol. The standard InChI is InChI=1S/C14H9ClN2O/c15-12-7-5-10(6-8-12)14(18)17-13-4-2-1-3-11(13)9-16-17/h1-9H. The van der Waals surface area contributed by atoms with Crippen LogP contribution in [0.25, 0.3) is 10.9 Å². The van der Waals surface area contributed by atoms with Crippen LogP contribution in [0.15, 0.2) is 54.7 Å². The van der Waals surface area contributed by atoms with Crippen molar-refractivity contribution >= 4 is 28.4 Å². The highest BCUT2D eigenvalue weighted by Gasteiger charge is 2.12. The van der Waals surface area contributed by atoms with Crippen molar-refractivity contribution in [3.05, 3.63) is 65.3 Å². The minimum Gasteiger partial charge on any atom is -0.267 e. The van der Waals surface area contributed by atoms with E-state index in [4.69, 9.17) is 11.6 Å². The van der Waals surface area contributed by atoms with E-state index in [-0.39, 0.29) is 5.91 Å². The van der Waals surface area contributed by atoms with E-state index < -0.39 is 0 Å². The van der Waals surface area contributed by atoms with E-state index in [0.29, 0.717) is 10.6 Å². The summed E-state index contributed by atoms with van der Waals surface area (Å²) >= 11 is 5.80. The van der Waals surface area contributed by atoms with Crippen LogP contribution < -0.4 is 0 Å². The Hall–Kier alpha value is -2.13. The number of carbonyl (C=O) groups is 1. The zero-order valence-electron chi connectivity index (χ0n) is 9.38. The lowest BCUT2D eigenvalue weighted by Crippen LogP contribution is -2.13. The van der Waals surface area contributed by atoms with Gasteiger partial charge < -0.3 is 0 Å². The van der Waals surface area contributed by atoms with Crippen molar-refractivity contribution in [1.29, 1.82) is 0 Å². The van der Waals surface area contributed by atoms with Gasteiger partial charge in [-0.15, -0.1) is 0 Å². The van der Waals surface area contributed by atoms with Crippen molar-refractivity contribution in [2.45, 2.75) is 0 Å². The third-order valence-electron chi connectivity index (χ3n) is 2.76. The summed E-state index contributed by atoms with van der Waals surface area (Å²) in [7, 11) is 0. The van der Waals surface area contributed by atoms with E-state index in [0.717, 1.165) is 10.9 Å². The fourth-order valence-corrected chi connectivity index (χ4v) is 1.97. The first-order valence-electron chi connectivity index (χ1n) is 5.49. The van der Waals surface area contributed by atoms with Crippen LogP contribution in [0.2, 0.25) is 5.02 Å². The van der Waals surface area contributed by atoms with Gasteiger partial charge in [0.2, 0.25) is 0 Å². The molecule has 0 atom stereocenters. The first kappa shape index (κ1) is 11.0. The molecule has 88 valence electrons. The zero-order valence-corrected chi connectivity index (χ0v) is 10.1. The zero-order chi connectivity index (χ0) is 12.5. The second kappa shape index (κ2) is 4.27. The predicted octanol–water partition coefficient (Wildman–Crippen LogP) is 3.38. The van der Waals surface area contributed by atoms with E-state index in [1.165, 1.54) is 4.68 Å². The van der Waals surface area contributed by atoms with Gasteiger partial charge in [0.1, 0.15) is 0 Å². The molecular weight excluding hydrogens is 248 g/mol. The van der Waals surface area contributed by atoms with Crippen LogP contribution in [0, 0.1) is 0 Å². The lowest BCUT2D eigenvalue weighted by Gasteiger charge is -2.02. The Balaban J connectivity index is 2.09. The third kappa shape index (κ3) is 1.79. The summed E-state index contributed by atoms with van der Waals surface area (Å²) in [5.41, 5.74) is 1.37. The largest absolute Gasteiger partial charge is 0.278 e. The van der Waals surface area contributed by atoms with E-state index in [1.807, 2.05) is 24.3 Å². The van der Waals surface area contributed by atoms with Crippen molar-refractivity contribution in [1.82, 2.24) is 9.78 Å². The van der Waals surface area contributed by atoms with Crippen molar-refractivity contribution in [3.8, 4) is 0 Å². The van der Waals surface area contributed by atoms with Gasteiger partial charge >= 0.3 is 0 Å². The van der Waals surface area contributed by atoms with Gasteiger partial charge in [0, 0.05) is 16.0 Å². The Kier molecular flexibility index (Phi) is 2.61. The van der Waals surface area contributed by atoms with E-state index in [2.05, 4.69) is 5.10 Å². The molecule has 0 saturated heterocycles. The Morgan fingerprint density at radius 2 is 1.78 bits per heavy atom. The second-order valence-corrected chi connectivity index (χ2v) is 4.36. The van der Waals surface area contributed by atoms with E-state index in [1.54, 1.807) is 30.5 Å². The lowest BCUT2D eigenvalue weighted by atomic mass is 10.2. The quantitative estimate of drug-likeness (QED) is 0.669. The Morgan fingerprint density at radius 1 is 1.06 bits per heavy atom. The molecule has 0 saturated carbocycles. The molecule has 0 aliphatic carbocycles. The SMILES string of the molecule is O=C(c1ccc(Cl)cc1)n1ncc2ccccc21. The third-order valence-corrected chi connectivity index (χ3v) is 3.01. The smallest absolute Gasteiger partial charge is 0.267 e. The molecule has 18 heavy (non-hydrogen) atoms. The molecule has 3 nitrogen and oxygen atoms in total. The Labute approximate surface area is 109 Å². The van der Waals surface area contributed by atoms with Crippen molar-refractivity contribution in [2.75, 3.05) is 0 Å². The summed E-state index contributed by atoms with van der Waals surface area (Å²) in [5.74, 6) is -0.159. The van der Waals surface area contributed by atoms with Gasteiger partial charge in [-0.3, -0.25) is 4.79 Å². The van der Waals surface area contributed by atoms with Crippen LogP contribution in [0.5, 0.6) is 0 Å². The maximum absolute atomic E-state index is 12.3. The molecule has 2 aromatic carbocycles. The van der Waals surface area contributed by atoms with Gasteiger partial charge in [-0.05, 0) is 30.3 Å². The van der Waals surface area contributed by atoms with E-state index >= 15 is 0 Å². The van der Waals surface area contributed by atoms with Crippen LogP contribution in [-0.2, 0) is 0 Å². The minimum atomic E-state index is -0.159. The molecule has 0 N–H and O–H groups in total. The summed E-state index contributed by atoms with van der Waals surface area (Å²) < 4.78 is 1.40. The maximum atomic E-state index is 12.3. The van der Waals surface area contributed by atoms with Crippen LogP contribution in [-0.4, -0.2) is 15.7 Å². The van der Waals surface area contributed by atoms with Crippen molar-refractivity contribution in [2.24, 2.45) is 0 Å². The summed E-state index contributed by atoms with van der Waals surface area (Å²) in [5, 5.41) is 5.68. The summed E-state index contributed by atoms with van der Waals surface area (Å²) in [6, 6.07) is 14.4.